The van der Waals surface area contributed by atoms with Gasteiger partial charge in [0.15, 0.2) is 0 Å². The average molecular weight is 338 g/mol. The molecule has 2 N–H and O–H groups in total. The fourth-order valence-corrected chi connectivity index (χ4v) is 2.05. The highest BCUT2D eigenvalue weighted by atomic mass is 79.9. The van der Waals surface area contributed by atoms with Gasteiger partial charge in [-0.2, -0.15) is 10.1 Å². The molecule has 0 radical (unpaired) electrons. The molecule has 0 unspecified atom stereocenters. The molecule has 0 aliphatic rings. The van der Waals surface area contributed by atoms with Gasteiger partial charge in [0.2, 0.25) is 11.7 Å². The van der Waals surface area contributed by atoms with E-state index in [0.29, 0.717) is 34.0 Å². The maximum atomic E-state index is 13.2. The van der Waals surface area contributed by atoms with E-state index in [1.54, 1.807) is 23.0 Å². The number of halogens is 2. The number of hydrogen-bond donors (Lipinski definition) is 1. The molecule has 0 spiro atoms. The lowest BCUT2D eigenvalue weighted by atomic mass is 10.2. The van der Waals surface area contributed by atoms with Crippen molar-refractivity contribution < 1.29 is 8.91 Å². The minimum Gasteiger partial charge on any atom is -0.396 e. The van der Waals surface area contributed by atoms with E-state index in [-0.39, 0.29) is 5.82 Å². The molecule has 0 amide bonds. The van der Waals surface area contributed by atoms with E-state index in [1.807, 2.05) is 0 Å². The van der Waals surface area contributed by atoms with E-state index >= 15 is 0 Å². The van der Waals surface area contributed by atoms with Crippen LogP contribution in [0.1, 0.15) is 5.89 Å². The molecule has 8 heteroatoms. The van der Waals surface area contributed by atoms with Crippen molar-refractivity contribution in [1.29, 1.82) is 0 Å². The standard InChI is InChI=1S/C12H9BrFN5O/c13-9-3-7(1-2-10(9)14)12-17-11(20-18-12)6-19-5-8(15)4-16-19/h1-5H,6,15H2. The Bertz CT molecular complexity index is 754. The van der Waals surface area contributed by atoms with Crippen LogP contribution in [0.2, 0.25) is 0 Å². The van der Waals surface area contributed by atoms with Gasteiger partial charge in [-0.1, -0.05) is 5.16 Å². The molecule has 3 rings (SSSR count). The van der Waals surface area contributed by atoms with Gasteiger partial charge in [-0.15, -0.1) is 0 Å². The zero-order chi connectivity index (χ0) is 14.1. The molecule has 3 aromatic rings. The summed E-state index contributed by atoms with van der Waals surface area (Å²) in [4.78, 5) is 4.23. The number of hydrogen-bond acceptors (Lipinski definition) is 5. The fraction of sp³-hybridized carbons (Fsp3) is 0.0833. The highest BCUT2D eigenvalue weighted by Crippen LogP contribution is 2.23. The number of nitrogens with two attached hydrogens (primary N) is 1. The van der Waals surface area contributed by atoms with Crippen LogP contribution in [0.15, 0.2) is 39.6 Å². The van der Waals surface area contributed by atoms with Gasteiger partial charge in [0.05, 0.1) is 16.4 Å². The molecule has 0 aliphatic carbocycles. The van der Waals surface area contributed by atoms with Gasteiger partial charge in [0.1, 0.15) is 12.4 Å². The van der Waals surface area contributed by atoms with Crippen molar-refractivity contribution >= 4 is 21.6 Å². The summed E-state index contributed by atoms with van der Waals surface area (Å²) in [6.45, 7) is 0.326. The van der Waals surface area contributed by atoms with Crippen LogP contribution in [-0.4, -0.2) is 19.9 Å². The van der Waals surface area contributed by atoms with Gasteiger partial charge in [0.25, 0.3) is 0 Å². The van der Waals surface area contributed by atoms with Crippen molar-refractivity contribution in [1.82, 2.24) is 19.9 Å². The molecule has 102 valence electrons. The summed E-state index contributed by atoms with van der Waals surface area (Å²) in [5.41, 5.74) is 6.79. The Labute approximate surface area is 121 Å². The third kappa shape index (κ3) is 2.55. The van der Waals surface area contributed by atoms with Crippen LogP contribution in [0.25, 0.3) is 11.4 Å². The van der Waals surface area contributed by atoms with Gasteiger partial charge in [0, 0.05) is 11.8 Å². The lowest BCUT2D eigenvalue weighted by Gasteiger charge is -1.97. The van der Waals surface area contributed by atoms with E-state index in [1.165, 1.54) is 12.3 Å². The van der Waals surface area contributed by atoms with Crippen LogP contribution in [-0.2, 0) is 6.54 Å². The van der Waals surface area contributed by atoms with Gasteiger partial charge in [-0.25, -0.2) is 4.39 Å². The first-order valence-electron chi connectivity index (χ1n) is 5.68. The largest absolute Gasteiger partial charge is 0.396 e. The van der Waals surface area contributed by atoms with E-state index in [2.05, 4.69) is 31.2 Å². The van der Waals surface area contributed by atoms with Crippen molar-refractivity contribution in [3.05, 3.63) is 46.8 Å². The van der Waals surface area contributed by atoms with Crippen LogP contribution in [0.3, 0.4) is 0 Å². The van der Waals surface area contributed by atoms with Gasteiger partial charge >= 0.3 is 0 Å². The number of rotatable bonds is 3. The first-order valence-corrected chi connectivity index (χ1v) is 6.47. The summed E-state index contributed by atoms with van der Waals surface area (Å²) < 4.78 is 20.2. The number of nitrogens with zero attached hydrogens (tertiary/aromatic N) is 4. The molecule has 0 atom stereocenters. The molecule has 0 aliphatic heterocycles. The molecular formula is C12H9BrFN5O. The van der Waals surface area contributed by atoms with Crippen LogP contribution >= 0.6 is 15.9 Å². The summed E-state index contributed by atoms with van der Waals surface area (Å²) in [7, 11) is 0. The Morgan fingerprint density at radius 2 is 2.25 bits per heavy atom. The van der Waals surface area contributed by atoms with E-state index in [4.69, 9.17) is 10.3 Å². The number of benzene rings is 1. The summed E-state index contributed by atoms with van der Waals surface area (Å²) in [5, 5.41) is 7.88. The summed E-state index contributed by atoms with van der Waals surface area (Å²) in [6.07, 6.45) is 3.20. The van der Waals surface area contributed by atoms with E-state index in [0.717, 1.165) is 0 Å². The molecule has 2 heterocycles. The third-order valence-electron chi connectivity index (χ3n) is 2.60. The minimum atomic E-state index is -0.343. The molecule has 1 aromatic carbocycles. The molecule has 0 saturated heterocycles. The maximum Gasteiger partial charge on any atom is 0.248 e. The second kappa shape index (κ2) is 5.04. The Morgan fingerprint density at radius 3 is 2.95 bits per heavy atom. The molecule has 20 heavy (non-hydrogen) atoms. The summed E-state index contributed by atoms with van der Waals surface area (Å²) >= 11 is 3.12. The van der Waals surface area contributed by atoms with Crippen LogP contribution in [0, 0.1) is 5.82 Å². The Balaban J connectivity index is 1.84. The SMILES string of the molecule is Nc1cnn(Cc2nc(-c3ccc(F)c(Br)c3)no2)c1. The minimum absolute atomic E-state index is 0.326. The molecule has 6 nitrogen and oxygen atoms in total. The second-order valence-corrected chi connectivity index (χ2v) is 4.97. The van der Waals surface area contributed by atoms with Gasteiger partial charge in [-0.3, -0.25) is 4.68 Å². The first kappa shape index (κ1) is 12.8. The second-order valence-electron chi connectivity index (χ2n) is 4.11. The average Bonchev–Trinajstić information content (AvgIpc) is 3.03. The zero-order valence-corrected chi connectivity index (χ0v) is 11.7. The van der Waals surface area contributed by atoms with Crippen molar-refractivity contribution in [3.63, 3.8) is 0 Å². The molecule has 0 saturated carbocycles. The monoisotopic (exact) mass is 337 g/mol. The first-order chi connectivity index (χ1) is 9.61. The predicted molar refractivity (Wildman–Crippen MR) is 73.1 cm³/mol. The topological polar surface area (TPSA) is 82.8 Å². The number of nitrogen functional groups attached to an aromatic ring is 1. The Hall–Kier alpha value is -2.22. The molecular weight excluding hydrogens is 329 g/mol. The molecule has 0 bridgehead atoms. The molecule has 0 fully saturated rings. The summed E-state index contributed by atoms with van der Waals surface area (Å²) in [6, 6.07) is 4.51. The van der Waals surface area contributed by atoms with E-state index < -0.39 is 0 Å². The smallest absolute Gasteiger partial charge is 0.248 e. The third-order valence-corrected chi connectivity index (χ3v) is 3.20. The molecule has 2 aromatic heterocycles. The van der Waals surface area contributed by atoms with Gasteiger partial charge < -0.3 is 10.3 Å². The fourth-order valence-electron chi connectivity index (χ4n) is 1.68. The zero-order valence-electron chi connectivity index (χ0n) is 10.1. The lowest BCUT2D eigenvalue weighted by Crippen LogP contribution is -2.00. The van der Waals surface area contributed by atoms with Crippen molar-refractivity contribution in [2.75, 3.05) is 5.73 Å². The van der Waals surface area contributed by atoms with Crippen molar-refractivity contribution in [2.45, 2.75) is 6.54 Å². The van der Waals surface area contributed by atoms with Crippen LogP contribution < -0.4 is 5.73 Å². The number of aromatic nitrogens is 4. The van der Waals surface area contributed by atoms with Crippen molar-refractivity contribution in [2.24, 2.45) is 0 Å². The van der Waals surface area contributed by atoms with Gasteiger partial charge in [-0.05, 0) is 34.1 Å². The van der Waals surface area contributed by atoms with Crippen LogP contribution in [0.4, 0.5) is 10.1 Å². The number of anilines is 1. The maximum absolute atomic E-state index is 13.2. The Morgan fingerprint density at radius 1 is 1.40 bits per heavy atom. The Kier molecular flexibility index (Phi) is 3.23. The summed E-state index contributed by atoms with van der Waals surface area (Å²) in [5.74, 6) is 0.439. The highest BCUT2D eigenvalue weighted by molar-refractivity contribution is 9.10. The predicted octanol–water partition coefficient (Wildman–Crippen LogP) is 2.47. The lowest BCUT2D eigenvalue weighted by molar-refractivity contribution is 0.366. The van der Waals surface area contributed by atoms with E-state index in [9.17, 15) is 4.39 Å². The normalized spacial score (nSPS) is 10.9. The quantitative estimate of drug-likeness (QED) is 0.793. The van der Waals surface area contributed by atoms with Crippen LogP contribution in [0.5, 0.6) is 0 Å². The highest BCUT2D eigenvalue weighted by Gasteiger charge is 2.11. The van der Waals surface area contributed by atoms with Crippen molar-refractivity contribution in [3.8, 4) is 11.4 Å².